The zero-order valence-corrected chi connectivity index (χ0v) is 63.2. The van der Waals surface area contributed by atoms with Crippen molar-refractivity contribution in [3.8, 4) is 72.7 Å². The maximum Gasteiger partial charge on any atom is 0.0973 e. The zero-order chi connectivity index (χ0) is 76.0. The molecule has 1 aliphatic carbocycles. The van der Waals surface area contributed by atoms with Gasteiger partial charge in [-0.05, 0) is 251 Å². The summed E-state index contributed by atoms with van der Waals surface area (Å²) in [6, 6.07) is 146. The average Bonchev–Trinajstić information content (AvgIpc) is 1.59. The fourth-order valence-corrected chi connectivity index (χ4v) is 17.9. The lowest BCUT2D eigenvalue weighted by molar-refractivity contribution is 0.609. The normalized spacial score (nSPS) is 13.6. The summed E-state index contributed by atoms with van der Waals surface area (Å²) in [6.45, 7) is 2.36. The van der Waals surface area contributed by atoms with E-state index in [4.69, 9.17) is 9.97 Å². The van der Waals surface area contributed by atoms with Gasteiger partial charge in [0.2, 0.25) is 0 Å². The Kier molecular flexibility index (Phi) is 16.2. The van der Waals surface area contributed by atoms with Crippen LogP contribution in [-0.4, -0.2) is 25.1 Å². The van der Waals surface area contributed by atoms with Crippen LogP contribution in [0.5, 0.6) is 0 Å². The molecule has 3 heterocycles. The summed E-state index contributed by atoms with van der Waals surface area (Å²) in [5.41, 5.74) is 27.0. The summed E-state index contributed by atoms with van der Waals surface area (Å²) in [4.78, 5) is 15.7. The highest BCUT2D eigenvalue weighted by atomic mass is 15.2. The van der Waals surface area contributed by atoms with Crippen LogP contribution in [0.15, 0.2) is 419 Å². The van der Waals surface area contributed by atoms with Crippen molar-refractivity contribution in [1.82, 2.24) is 19.1 Å². The Morgan fingerprint density at radius 3 is 0.939 bits per heavy atom. The smallest absolute Gasteiger partial charge is 0.0973 e. The number of para-hydroxylation sites is 4. The minimum Gasteiger partial charge on any atom is -0.334 e. The fourth-order valence-electron chi connectivity index (χ4n) is 17.9. The highest BCUT2D eigenvalue weighted by molar-refractivity contribution is 6.14. The van der Waals surface area contributed by atoms with E-state index in [9.17, 15) is 0 Å². The summed E-state index contributed by atoms with van der Waals surface area (Å²) >= 11 is 0. The lowest BCUT2D eigenvalue weighted by atomic mass is 9.92. The Bertz CT molecular complexity index is 7210. The summed E-state index contributed by atoms with van der Waals surface area (Å²) in [5, 5.41) is 14.7. The van der Waals surface area contributed by atoms with Crippen molar-refractivity contribution >= 4 is 132 Å². The van der Waals surface area contributed by atoms with Gasteiger partial charge >= 0.3 is 0 Å². The summed E-state index contributed by atoms with van der Waals surface area (Å²) in [6.07, 6.45) is 7.22. The molecule has 0 fully saturated rings. The maximum absolute atomic E-state index is 5.46. The molecule has 0 bridgehead atoms. The van der Waals surface area contributed by atoms with Gasteiger partial charge in [0.15, 0.2) is 0 Å². The van der Waals surface area contributed by atoms with Crippen molar-refractivity contribution in [2.45, 2.75) is 13.0 Å². The number of fused-ring (bicyclic) bond motifs is 11. The van der Waals surface area contributed by atoms with Gasteiger partial charge in [-0.15, -0.1) is 0 Å². The van der Waals surface area contributed by atoms with E-state index >= 15 is 0 Å². The van der Waals surface area contributed by atoms with Crippen molar-refractivity contribution in [2.75, 3.05) is 9.80 Å². The van der Waals surface area contributed by atoms with Gasteiger partial charge in [-0.25, -0.2) is 9.97 Å². The van der Waals surface area contributed by atoms with Gasteiger partial charge in [0.25, 0.3) is 0 Å². The van der Waals surface area contributed by atoms with Gasteiger partial charge in [-0.2, -0.15) is 0 Å². The van der Waals surface area contributed by atoms with Crippen LogP contribution < -0.4 is 9.80 Å². The van der Waals surface area contributed by atoms with E-state index in [-0.39, 0.29) is 12.0 Å². The van der Waals surface area contributed by atoms with Crippen LogP contribution in [0.25, 0.3) is 176 Å². The second-order valence-electron chi connectivity index (χ2n) is 30.5. The van der Waals surface area contributed by atoms with Gasteiger partial charge in [0.1, 0.15) is 0 Å². The van der Waals surface area contributed by atoms with E-state index < -0.39 is 0 Å². The van der Waals surface area contributed by atoms with E-state index in [1.807, 2.05) is 12.1 Å². The van der Waals surface area contributed by atoms with Crippen LogP contribution >= 0.6 is 0 Å². The first-order chi connectivity index (χ1) is 56.9. The minimum absolute atomic E-state index is 0.0141. The van der Waals surface area contributed by atoms with Gasteiger partial charge in [0, 0.05) is 78.4 Å². The third-order valence-corrected chi connectivity index (χ3v) is 23.7. The van der Waals surface area contributed by atoms with Crippen LogP contribution in [0.1, 0.15) is 6.92 Å². The van der Waals surface area contributed by atoms with Crippen molar-refractivity contribution in [3.63, 3.8) is 0 Å². The zero-order valence-electron chi connectivity index (χ0n) is 63.2. The lowest BCUT2D eigenvalue weighted by Crippen LogP contribution is -2.35. The number of anilines is 5. The maximum atomic E-state index is 5.46. The van der Waals surface area contributed by atoms with Crippen LogP contribution in [-0.2, 0) is 0 Å². The van der Waals surface area contributed by atoms with Crippen molar-refractivity contribution < 1.29 is 0 Å². The summed E-state index contributed by atoms with van der Waals surface area (Å²) in [5.74, 6) is 0.0967. The van der Waals surface area contributed by atoms with Gasteiger partial charge in [0.05, 0.1) is 50.5 Å². The molecule has 0 aliphatic heterocycles. The number of nitrogens with zero attached hydrogens (tertiary/aromatic N) is 6. The number of benzene rings is 18. The molecule has 21 aromatic rings. The molecular weight excluding hydrogens is 1390 g/mol. The van der Waals surface area contributed by atoms with E-state index in [1.165, 1.54) is 120 Å². The second kappa shape index (κ2) is 27.8. The van der Waals surface area contributed by atoms with E-state index in [1.54, 1.807) is 0 Å². The average molecular weight is 1470 g/mol. The molecular formula is C109H74N6. The van der Waals surface area contributed by atoms with Crippen LogP contribution in [0.2, 0.25) is 0 Å². The molecule has 0 saturated heterocycles. The number of hydrogen-bond acceptors (Lipinski definition) is 4. The Hall–Kier alpha value is -15.0. The van der Waals surface area contributed by atoms with Crippen LogP contribution in [0.4, 0.5) is 28.4 Å². The first kappa shape index (κ1) is 67.0. The molecule has 22 rings (SSSR count). The number of aromatic nitrogens is 4. The molecule has 2 atom stereocenters. The number of rotatable bonds is 14. The van der Waals surface area contributed by atoms with Gasteiger partial charge in [-0.1, -0.05) is 262 Å². The summed E-state index contributed by atoms with van der Waals surface area (Å²) in [7, 11) is 0. The van der Waals surface area contributed by atoms with Crippen molar-refractivity contribution in [1.29, 1.82) is 0 Å². The monoisotopic (exact) mass is 1470 g/mol. The SMILES string of the molecule is CC1C=C(n2c3ccc(-c4ccc5ccccc5c4)cc3c3cc(-c4ccc5ccccc5c4)ccc32)C=CC1N(c1ccccc1)c1ccc(-c2nc3ccccc3nc2-c2ccc(N(c3ccccc3)c3ccc(-n4c5ccc(-c6ccc7ccccc7c6)cc5c5cc(-c6ccc7ccccc7c6)ccc54)cc3)cc2)cc1. The predicted molar refractivity (Wildman–Crippen MR) is 486 cm³/mol. The first-order valence-corrected chi connectivity index (χ1v) is 39.7. The summed E-state index contributed by atoms with van der Waals surface area (Å²) < 4.78 is 4.91. The quantitative estimate of drug-likeness (QED) is 0.109. The molecule has 3 aromatic heterocycles. The third-order valence-electron chi connectivity index (χ3n) is 23.7. The topological polar surface area (TPSA) is 42.1 Å². The predicted octanol–water partition coefficient (Wildman–Crippen LogP) is 29.2. The Labute approximate surface area is 666 Å². The number of hydrogen-bond donors (Lipinski definition) is 0. The van der Waals surface area contributed by atoms with E-state index in [2.05, 4.69) is 432 Å². The number of allylic oxidation sites excluding steroid dienone is 2. The molecule has 1 aliphatic rings. The standard InChI is InChI=1S/C109H74N6/c1-71-62-96(115-106-59-46-88(84-38-34-74-20-10-14-24-80(74)65-84)69-99(106)100-70-89(47-60-107(100)115)85-39-35-75-21-11-15-25-81(75)66-85)56-61-103(71)113(91-28-6-3-7-29-91)94-50-42-77(43-51-94)109-108(110-101-30-16-17-31-102(101)111-109)76-40-48-92(49-41-76)112(90-26-4-2-5-27-90)93-52-54-95(55-53-93)114-104-57-44-86(82-36-32-72-18-8-12-22-78(72)63-82)67-97(104)98-68-87(45-58-105(98)114)83-37-33-73-19-9-13-23-79(73)64-83/h2-71,103H,1H3. The minimum atomic E-state index is -0.0141. The molecule has 6 nitrogen and oxygen atoms in total. The molecule has 2 unspecified atom stereocenters. The Morgan fingerprint density at radius 1 is 0.252 bits per heavy atom. The molecule has 0 radical (unpaired) electrons. The van der Waals surface area contributed by atoms with Crippen molar-refractivity contribution in [2.24, 2.45) is 5.92 Å². The van der Waals surface area contributed by atoms with Crippen LogP contribution in [0.3, 0.4) is 0 Å². The van der Waals surface area contributed by atoms with E-state index in [0.717, 1.165) is 84.4 Å². The van der Waals surface area contributed by atoms with Gasteiger partial charge < -0.3 is 18.9 Å². The Morgan fingerprint density at radius 2 is 0.548 bits per heavy atom. The second-order valence-corrected chi connectivity index (χ2v) is 30.5. The Balaban J connectivity index is 0.587. The van der Waals surface area contributed by atoms with Gasteiger partial charge in [-0.3, -0.25) is 0 Å². The molecule has 0 saturated carbocycles. The molecule has 0 amide bonds. The van der Waals surface area contributed by atoms with Crippen molar-refractivity contribution in [3.05, 3.63) is 419 Å². The molecule has 0 N–H and O–H groups in total. The largest absolute Gasteiger partial charge is 0.334 e. The molecule has 0 spiro atoms. The first-order valence-electron chi connectivity index (χ1n) is 39.7. The molecule has 18 aromatic carbocycles. The third kappa shape index (κ3) is 12.0. The fraction of sp³-hybridized carbons (Fsp3) is 0.0275. The highest BCUT2D eigenvalue weighted by Crippen LogP contribution is 2.46. The molecule has 115 heavy (non-hydrogen) atoms. The molecule has 6 heteroatoms. The van der Waals surface area contributed by atoms with Crippen LogP contribution in [0, 0.1) is 5.92 Å². The molecule has 540 valence electrons. The van der Waals surface area contributed by atoms with E-state index in [0.29, 0.717) is 0 Å². The highest BCUT2D eigenvalue weighted by Gasteiger charge is 2.29. The lowest BCUT2D eigenvalue weighted by Gasteiger charge is -2.37.